The van der Waals surface area contributed by atoms with Crippen LogP contribution in [0.4, 0.5) is 18.9 Å². The van der Waals surface area contributed by atoms with Gasteiger partial charge in [0.1, 0.15) is 5.75 Å². The molecule has 0 saturated carbocycles. The molecule has 0 aliphatic rings. The highest BCUT2D eigenvalue weighted by atomic mass is 32.2. The first-order valence-electron chi connectivity index (χ1n) is 5.73. The first-order chi connectivity index (χ1) is 9.31. The number of amides is 1. The van der Waals surface area contributed by atoms with Crippen molar-refractivity contribution < 1.29 is 22.7 Å². The number of carbonyl (C=O) groups excluding carboxylic acids is 1. The van der Waals surface area contributed by atoms with Crippen molar-refractivity contribution in [3.05, 3.63) is 24.3 Å². The van der Waals surface area contributed by atoms with Crippen molar-refractivity contribution in [1.29, 1.82) is 0 Å². The summed E-state index contributed by atoms with van der Waals surface area (Å²) in [4.78, 5) is 11.7. The number of ether oxygens (including phenoxy) is 1. The van der Waals surface area contributed by atoms with Gasteiger partial charge in [0, 0.05) is 5.69 Å². The summed E-state index contributed by atoms with van der Waals surface area (Å²) >= 11 is 1.58. The van der Waals surface area contributed by atoms with E-state index in [1.807, 2.05) is 6.26 Å². The molecule has 1 unspecified atom stereocenters. The van der Waals surface area contributed by atoms with E-state index in [9.17, 15) is 18.0 Å². The van der Waals surface area contributed by atoms with Crippen LogP contribution in [0.3, 0.4) is 0 Å². The van der Waals surface area contributed by atoms with E-state index < -0.39 is 12.4 Å². The third-order valence-electron chi connectivity index (χ3n) is 2.33. The summed E-state index contributed by atoms with van der Waals surface area (Å²) in [6.07, 6.45) is -2.29. The van der Waals surface area contributed by atoms with Crippen LogP contribution in [0, 0.1) is 0 Å². The van der Waals surface area contributed by atoms with Gasteiger partial charge in [0.2, 0.25) is 5.91 Å². The van der Waals surface area contributed by atoms with E-state index in [-0.39, 0.29) is 11.7 Å². The summed E-state index contributed by atoms with van der Waals surface area (Å²) in [5, 5.41) is 2.53. The Morgan fingerprint density at radius 3 is 2.50 bits per heavy atom. The van der Waals surface area contributed by atoms with Crippen LogP contribution in [0.2, 0.25) is 0 Å². The number of anilines is 1. The Labute approximate surface area is 118 Å². The Hall–Kier alpha value is -1.41. The maximum absolute atomic E-state index is 12.0. The Kier molecular flexibility index (Phi) is 6.15. The monoisotopic (exact) mass is 308 g/mol. The Bertz CT molecular complexity index is 437. The van der Waals surface area contributed by atoms with E-state index in [0.29, 0.717) is 12.1 Å². The summed E-state index contributed by atoms with van der Waals surface area (Å²) < 4.78 is 39.6. The highest BCUT2D eigenvalue weighted by Crippen LogP contribution is 2.23. The Morgan fingerprint density at radius 1 is 1.40 bits per heavy atom. The fraction of sp³-hybridized carbons (Fsp3) is 0.417. The second-order valence-corrected chi connectivity index (χ2v) is 4.93. The van der Waals surface area contributed by atoms with Crippen molar-refractivity contribution in [2.24, 2.45) is 5.73 Å². The fourth-order valence-electron chi connectivity index (χ4n) is 1.35. The van der Waals surface area contributed by atoms with Gasteiger partial charge in [0.15, 0.2) is 0 Å². The molecule has 0 saturated heterocycles. The molecule has 0 bridgehead atoms. The van der Waals surface area contributed by atoms with Gasteiger partial charge in [-0.15, -0.1) is 13.2 Å². The van der Waals surface area contributed by atoms with E-state index in [1.165, 1.54) is 12.1 Å². The Balaban J connectivity index is 2.55. The first kappa shape index (κ1) is 16.6. The third-order valence-corrected chi connectivity index (χ3v) is 2.97. The van der Waals surface area contributed by atoms with Gasteiger partial charge in [-0.1, -0.05) is 0 Å². The van der Waals surface area contributed by atoms with Crippen LogP contribution < -0.4 is 15.8 Å². The van der Waals surface area contributed by atoms with Gasteiger partial charge >= 0.3 is 6.36 Å². The zero-order valence-electron chi connectivity index (χ0n) is 10.7. The highest BCUT2D eigenvalue weighted by Gasteiger charge is 2.30. The van der Waals surface area contributed by atoms with Crippen LogP contribution in [0.25, 0.3) is 0 Å². The molecular weight excluding hydrogens is 293 g/mol. The minimum absolute atomic E-state index is 0.345. The minimum Gasteiger partial charge on any atom is -0.406 e. The number of nitrogens with one attached hydrogen (secondary N) is 1. The minimum atomic E-state index is -4.73. The normalized spacial score (nSPS) is 12.8. The van der Waals surface area contributed by atoms with Crippen molar-refractivity contribution in [3.8, 4) is 5.75 Å². The number of thioether (sulfide) groups is 1. The molecule has 0 aromatic heterocycles. The number of benzene rings is 1. The molecule has 4 nitrogen and oxygen atoms in total. The van der Waals surface area contributed by atoms with Crippen LogP contribution in [-0.4, -0.2) is 30.3 Å². The van der Waals surface area contributed by atoms with Gasteiger partial charge in [-0.05, 0) is 42.7 Å². The maximum Gasteiger partial charge on any atom is 0.573 e. The number of hydrogen-bond acceptors (Lipinski definition) is 4. The van der Waals surface area contributed by atoms with Crippen molar-refractivity contribution in [1.82, 2.24) is 0 Å². The second kappa shape index (κ2) is 7.39. The molecular formula is C12H15F3N2O2S. The molecule has 0 spiro atoms. The predicted molar refractivity (Wildman–Crippen MR) is 72.7 cm³/mol. The van der Waals surface area contributed by atoms with Gasteiger partial charge in [0.25, 0.3) is 0 Å². The molecule has 1 aromatic carbocycles. The third kappa shape index (κ3) is 6.16. The molecule has 112 valence electrons. The fourth-order valence-corrected chi connectivity index (χ4v) is 1.84. The standard InChI is InChI=1S/C12H15F3N2O2S/c1-20-7-6-10(16)11(18)17-8-2-4-9(5-3-8)19-12(13,14)15/h2-5,10H,6-7,16H2,1H3,(H,17,18). The number of nitrogens with two attached hydrogens (primary N) is 1. The largest absolute Gasteiger partial charge is 0.573 e. The molecule has 20 heavy (non-hydrogen) atoms. The van der Waals surface area contributed by atoms with E-state index in [2.05, 4.69) is 10.1 Å². The number of alkyl halides is 3. The van der Waals surface area contributed by atoms with Gasteiger partial charge in [0.05, 0.1) is 6.04 Å². The molecule has 1 atom stereocenters. The zero-order valence-corrected chi connectivity index (χ0v) is 11.6. The van der Waals surface area contributed by atoms with Gasteiger partial charge in [-0.3, -0.25) is 4.79 Å². The Morgan fingerprint density at radius 2 is 2.00 bits per heavy atom. The average molecular weight is 308 g/mol. The smallest absolute Gasteiger partial charge is 0.406 e. The van der Waals surface area contributed by atoms with Crippen LogP contribution in [0.5, 0.6) is 5.75 Å². The summed E-state index contributed by atoms with van der Waals surface area (Å²) in [6.45, 7) is 0. The van der Waals surface area contributed by atoms with Crippen LogP contribution >= 0.6 is 11.8 Å². The lowest BCUT2D eigenvalue weighted by molar-refractivity contribution is -0.274. The van der Waals surface area contributed by atoms with Crippen LogP contribution in [0.15, 0.2) is 24.3 Å². The van der Waals surface area contributed by atoms with Crippen molar-refractivity contribution in [2.75, 3.05) is 17.3 Å². The summed E-state index contributed by atoms with van der Waals surface area (Å²) in [6, 6.07) is 4.24. The number of rotatable bonds is 6. The molecule has 0 heterocycles. The quantitative estimate of drug-likeness (QED) is 0.848. The highest BCUT2D eigenvalue weighted by molar-refractivity contribution is 7.98. The number of hydrogen-bond donors (Lipinski definition) is 2. The molecule has 0 fully saturated rings. The van der Waals surface area contributed by atoms with E-state index in [1.54, 1.807) is 11.8 Å². The van der Waals surface area contributed by atoms with Crippen LogP contribution in [-0.2, 0) is 4.79 Å². The van der Waals surface area contributed by atoms with E-state index in [0.717, 1.165) is 17.9 Å². The van der Waals surface area contributed by atoms with Gasteiger partial charge in [-0.2, -0.15) is 11.8 Å². The zero-order chi connectivity index (χ0) is 15.2. The molecule has 1 aromatic rings. The van der Waals surface area contributed by atoms with Gasteiger partial charge in [-0.25, -0.2) is 0 Å². The lowest BCUT2D eigenvalue weighted by atomic mass is 10.2. The maximum atomic E-state index is 12.0. The molecule has 0 aliphatic carbocycles. The van der Waals surface area contributed by atoms with Crippen molar-refractivity contribution >= 4 is 23.4 Å². The SMILES string of the molecule is CSCCC(N)C(=O)Nc1ccc(OC(F)(F)F)cc1. The molecule has 8 heteroatoms. The topological polar surface area (TPSA) is 64.4 Å². The van der Waals surface area contributed by atoms with Crippen LogP contribution in [0.1, 0.15) is 6.42 Å². The van der Waals surface area contributed by atoms with Gasteiger partial charge < -0.3 is 15.8 Å². The van der Waals surface area contributed by atoms with E-state index >= 15 is 0 Å². The van der Waals surface area contributed by atoms with Crippen molar-refractivity contribution in [2.45, 2.75) is 18.8 Å². The molecule has 0 radical (unpaired) electrons. The molecule has 3 N–H and O–H groups in total. The predicted octanol–water partition coefficient (Wildman–Crippen LogP) is 2.60. The summed E-state index contributed by atoms with van der Waals surface area (Å²) in [5.41, 5.74) is 6.03. The molecule has 0 aliphatic heterocycles. The first-order valence-corrected chi connectivity index (χ1v) is 7.12. The lowest BCUT2D eigenvalue weighted by Crippen LogP contribution is -2.36. The lowest BCUT2D eigenvalue weighted by Gasteiger charge is -2.12. The average Bonchev–Trinajstić information content (AvgIpc) is 2.36. The van der Waals surface area contributed by atoms with Crippen molar-refractivity contribution in [3.63, 3.8) is 0 Å². The summed E-state index contributed by atoms with van der Waals surface area (Å²) in [5.74, 6) is 0.0400. The molecule has 1 amide bonds. The van der Waals surface area contributed by atoms with E-state index in [4.69, 9.17) is 5.73 Å². The number of halogens is 3. The second-order valence-electron chi connectivity index (χ2n) is 3.95. The molecule has 1 rings (SSSR count). The summed E-state index contributed by atoms with van der Waals surface area (Å²) in [7, 11) is 0. The number of carbonyl (C=O) groups is 1.